The Balaban J connectivity index is 0.000000167. The maximum Gasteiger partial charge on any atom is 0.190 e. The fourth-order valence-corrected chi connectivity index (χ4v) is 14.3. The Bertz CT molecular complexity index is 1590. The predicted molar refractivity (Wildman–Crippen MR) is 191 cm³/mol. The van der Waals surface area contributed by atoms with E-state index in [9.17, 15) is 49.8 Å². The van der Waals surface area contributed by atoms with Crippen LogP contribution in [0.5, 0.6) is 0 Å². The second kappa shape index (κ2) is 12.6. The molecule has 6 fully saturated rings. The highest BCUT2D eigenvalue weighted by Gasteiger charge is 2.76. The van der Waals surface area contributed by atoms with Gasteiger partial charge in [0.2, 0.25) is 0 Å². The largest absolute Gasteiger partial charge is 0.390 e. The second-order valence-corrected chi connectivity index (χ2v) is 19.2. The number of carbonyl (C=O) groups excluding carboxylic acids is 4. The number of ketones is 4. The summed E-state index contributed by atoms with van der Waals surface area (Å²) >= 11 is 0. The summed E-state index contributed by atoms with van der Waals surface area (Å²) in [5.41, 5.74) is -9.35. The van der Waals surface area contributed by atoms with Crippen molar-refractivity contribution in [2.45, 2.75) is 152 Å². The van der Waals surface area contributed by atoms with Crippen LogP contribution in [0.25, 0.3) is 0 Å². The molecule has 54 heavy (non-hydrogen) atoms. The van der Waals surface area contributed by atoms with Crippen LogP contribution in [0, 0.1) is 45.3 Å². The maximum absolute atomic E-state index is 16.8. The number of carbonyl (C=O) groups is 4. The number of aliphatic hydroxyl groups is 6. The molecule has 0 aromatic heterocycles. The molecule has 0 amide bonds. The van der Waals surface area contributed by atoms with Crippen molar-refractivity contribution >= 4 is 23.1 Å². The van der Waals surface area contributed by atoms with Crippen LogP contribution in [0.15, 0.2) is 23.3 Å². The molecule has 8 aliphatic carbocycles. The molecule has 8 aliphatic rings. The minimum atomic E-state index is -1.88. The third-order valence-corrected chi connectivity index (χ3v) is 17.6. The van der Waals surface area contributed by atoms with Gasteiger partial charge < -0.3 is 30.6 Å². The van der Waals surface area contributed by atoms with Crippen LogP contribution in [0.2, 0.25) is 0 Å². The van der Waals surface area contributed by atoms with Crippen molar-refractivity contribution in [1.82, 2.24) is 0 Å². The minimum absolute atomic E-state index is 0.0171. The van der Waals surface area contributed by atoms with Gasteiger partial charge >= 0.3 is 0 Å². The first-order valence-corrected chi connectivity index (χ1v) is 20.0. The van der Waals surface area contributed by atoms with Gasteiger partial charge in [0.1, 0.15) is 35.8 Å². The summed E-state index contributed by atoms with van der Waals surface area (Å²) in [5.74, 6) is -2.71. The molecule has 8 rings (SSSR count). The zero-order valence-electron chi connectivity index (χ0n) is 32.0. The number of rotatable bonds is 4. The molecule has 6 N–H and O–H groups in total. The zero-order chi connectivity index (χ0) is 39.7. The minimum Gasteiger partial charge on any atom is -0.390 e. The molecule has 0 bridgehead atoms. The van der Waals surface area contributed by atoms with E-state index in [0.717, 1.165) is 11.1 Å². The highest BCUT2D eigenvalue weighted by molar-refractivity contribution is 5.93. The molecule has 0 aliphatic heterocycles. The second-order valence-electron chi connectivity index (χ2n) is 19.2. The molecule has 0 heterocycles. The zero-order valence-corrected chi connectivity index (χ0v) is 32.0. The van der Waals surface area contributed by atoms with Gasteiger partial charge in [-0.2, -0.15) is 0 Å². The molecule has 0 saturated heterocycles. The molecule has 0 spiro atoms. The number of fused-ring (bicyclic) bond motifs is 10. The molecule has 0 unspecified atom stereocenters. The molecule has 10 nitrogen and oxygen atoms in total. The van der Waals surface area contributed by atoms with Crippen molar-refractivity contribution in [1.29, 1.82) is 0 Å². The molecule has 6 saturated carbocycles. The highest BCUT2D eigenvalue weighted by atomic mass is 19.1. The van der Waals surface area contributed by atoms with E-state index in [1.807, 2.05) is 13.8 Å². The number of hydrogen-bond donors (Lipinski definition) is 6. The lowest BCUT2D eigenvalue weighted by molar-refractivity contribution is -0.226. The standard InChI is InChI=1S/2C21H29FO5/c2*1-18-7-5-13(24)9-12(18)3-4-15-14-6-8-20(27,17(26)11-23)19(14,2)10-16(25)21(15,18)22/h2*9,14-16,23,25,27H,3-8,10-11H2,1-2H3/t2*14-,15-,16-,18-,19-,20-,21-/m00/s1. The van der Waals surface area contributed by atoms with Gasteiger partial charge in [0.15, 0.2) is 23.1 Å². The monoisotopic (exact) mass is 760 g/mol. The summed E-state index contributed by atoms with van der Waals surface area (Å²) in [6.07, 6.45) is 5.30. The number of hydrogen-bond acceptors (Lipinski definition) is 10. The Labute approximate surface area is 315 Å². The number of allylic oxidation sites excluding steroid dienone is 2. The Kier molecular flexibility index (Phi) is 9.36. The average molecular weight is 761 g/mol. The van der Waals surface area contributed by atoms with Gasteiger partial charge in [0.05, 0.1) is 12.2 Å². The van der Waals surface area contributed by atoms with Gasteiger partial charge in [-0.25, -0.2) is 8.78 Å². The molecule has 0 aromatic carbocycles. The first kappa shape index (κ1) is 40.0. The van der Waals surface area contributed by atoms with Crippen LogP contribution in [0.3, 0.4) is 0 Å². The Morgan fingerprint density at radius 3 is 1.30 bits per heavy atom. The third kappa shape index (κ3) is 4.76. The van der Waals surface area contributed by atoms with Gasteiger partial charge in [-0.15, -0.1) is 0 Å². The van der Waals surface area contributed by atoms with Crippen molar-refractivity contribution in [3.05, 3.63) is 23.3 Å². The smallest absolute Gasteiger partial charge is 0.190 e. The quantitative estimate of drug-likeness (QED) is 0.246. The van der Waals surface area contributed by atoms with Crippen LogP contribution < -0.4 is 0 Å². The van der Waals surface area contributed by atoms with Gasteiger partial charge in [-0.05, 0) is 101 Å². The van der Waals surface area contributed by atoms with E-state index in [1.54, 1.807) is 26.0 Å². The Morgan fingerprint density at radius 1 is 0.611 bits per heavy atom. The number of halogens is 2. The van der Waals surface area contributed by atoms with Crippen molar-refractivity contribution in [2.75, 3.05) is 13.2 Å². The fourth-order valence-electron chi connectivity index (χ4n) is 14.3. The van der Waals surface area contributed by atoms with Crippen LogP contribution in [0.4, 0.5) is 8.78 Å². The summed E-state index contributed by atoms with van der Waals surface area (Å²) in [5, 5.41) is 63.1. The lowest BCUT2D eigenvalue weighted by atomic mass is 9.44. The van der Waals surface area contributed by atoms with Crippen molar-refractivity contribution in [3.8, 4) is 0 Å². The number of Topliss-reactive ketones (excluding diaryl/α,β-unsaturated/α-hetero) is 2. The highest BCUT2D eigenvalue weighted by Crippen LogP contribution is 2.72. The Hall–Kier alpha value is -2.22. The number of alkyl halides is 2. The molecule has 0 aromatic rings. The van der Waals surface area contributed by atoms with Gasteiger partial charge in [-0.3, -0.25) is 19.2 Å². The normalized spacial score (nSPS) is 51.9. The summed E-state index contributed by atoms with van der Waals surface area (Å²) in [6.45, 7) is 5.66. The van der Waals surface area contributed by atoms with Gasteiger partial charge in [0, 0.05) is 46.3 Å². The topological polar surface area (TPSA) is 190 Å². The molecular formula is C42H58F2O10. The fraction of sp³-hybridized carbons (Fsp3) is 0.810. The summed E-state index contributed by atoms with van der Waals surface area (Å²) < 4.78 is 33.6. The third-order valence-electron chi connectivity index (χ3n) is 17.6. The molecular weight excluding hydrogens is 702 g/mol. The first-order chi connectivity index (χ1) is 25.1. The van der Waals surface area contributed by atoms with Crippen molar-refractivity contribution < 1.29 is 58.6 Å². The SMILES string of the molecule is C[C@]12CCC(=O)C=C1CC[C@H]1[C@@H]3CC[C@](O)(C(=O)CO)[C@@]3(C)C[C@H](O)[C@@]12F.C[C@]12CCC(=O)C=C1CC[C@H]1[C@@H]3CC[C@](O)(C(=O)CO)[C@@]3(C)C[C@H](O)[C@@]12F. The molecule has 12 heteroatoms. The molecule has 14 atom stereocenters. The van der Waals surface area contributed by atoms with Crippen LogP contribution in [0.1, 0.15) is 118 Å². The van der Waals surface area contributed by atoms with E-state index in [1.165, 1.54) is 0 Å². The van der Waals surface area contributed by atoms with E-state index in [2.05, 4.69) is 0 Å². The van der Waals surface area contributed by atoms with E-state index in [4.69, 9.17) is 0 Å². The predicted octanol–water partition coefficient (Wildman–Crippen LogP) is 3.75. The van der Waals surface area contributed by atoms with E-state index >= 15 is 8.78 Å². The average Bonchev–Trinajstić information content (AvgIpc) is 3.55. The van der Waals surface area contributed by atoms with E-state index < -0.39 is 93.0 Å². The molecule has 0 radical (unpaired) electrons. The van der Waals surface area contributed by atoms with Crippen LogP contribution >= 0.6 is 0 Å². The lowest BCUT2D eigenvalue weighted by Crippen LogP contribution is -2.69. The Morgan fingerprint density at radius 2 is 0.963 bits per heavy atom. The maximum atomic E-state index is 16.8. The summed E-state index contributed by atoms with van der Waals surface area (Å²) in [4.78, 5) is 48.4. The van der Waals surface area contributed by atoms with E-state index in [-0.39, 0.29) is 61.9 Å². The molecule has 300 valence electrons. The van der Waals surface area contributed by atoms with Gasteiger partial charge in [0.25, 0.3) is 0 Å². The first-order valence-electron chi connectivity index (χ1n) is 20.0. The van der Waals surface area contributed by atoms with E-state index in [0.29, 0.717) is 51.4 Å². The van der Waals surface area contributed by atoms with Gasteiger partial charge in [-0.1, -0.05) is 38.8 Å². The summed E-state index contributed by atoms with van der Waals surface area (Å²) in [7, 11) is 0. The lowest BCUT2D eigenvalue weighted by Gasteiger charge is -2.63. The number of aliphatic hydroxyl groups excluding tert-OH is 4. The van der Waals surface area contributed by atoms with Crippen LogP contribution in [-0.4, -0.2) is 102 Å². The summed E-state index contributed by atoms with van der Waals surface area (Å²) in [6, 6.07) is 0. The van der Waals surface area contributed by atoms with Crippen molar-refractivity contribution in [2.24, 2.45) is 45.3 Å². The van der Waals surface area contributed by atoms with Crippen molar-refractivity contribution in [3.63, 3.8) is 0 Å². The van der Waals surface area contributed by atoms with Crippen LogP contribution in [-0.2, 0) is 19.2 Å².